The lowest BCUT2D eigenvalue weighted by Gasteiger charge is -2.18. The maximum Gasteiger partial charge on any atom is 0.259 e. The minimum absolute atomic E-state index is 0.105. The van der Waals surface area contributed by atoms with Gasteiger partial charge in [0.1, 0.15) is 17.3 Å². The molecule has 2 heterocycles. The third-order valence-electron chi connectivity index (χ3n) is 6.20. The van der Waals surface area contributed by atoms with Crippen molar-refractivity contribution in [3.8, 4) is 22.6 Å². The van der Waals surface area contributed by atoms with Crippen LogP contribution >= 0.6 is 23.2 Å². The molecule has 2 aromatic heterocycles. The number of carbonyl (C=O) groups excluding carboxylic acids is 1. The average Bonchev–Trinajstić information content (AvgIpc) is 2.90. The van der Waals surface area contributed by atoms with Gasteiger partial charge in [-0.25, -0.2) is 4.98 Å². The first-order valence-electron chi connectivity index (χ1n) is 12.1. The Kier molecular flexibility index (Phi) is 8.64. The summed E-state index contributed by atoms with van der Waals surface area (Å²) < 4.78 is 12.3. The highest BCUT2D eigenvalue weighted by atomic mass is 35.5. The van der Waals surface area contributed by atoms with Crippen LogP contribution in [0.5, 0.6) is 11.5 Å². The molecular formula is C28H28Cl2N4O5. The molecule has 4 aromatic rings. The van der Waals surface area contributed by atoms with Crippen LogP contribution in [0, 0.1) is 6.92 Å². The number of nitrogens with one attached hydrogen (secondary N) is 2. The van der Waals surface area contributed by atoms with Crippen molar-refractivity contribution in [3.63, 3.8) is 0 Å². The number of rotatable bonds is 9. The number of fused-ring (bicyclic) bond motifs is 1. The summed E-state index contributed by atoms with van der Waals surface area (Å²) in [5.74, 6) is 0.875. The van der Waals surface area contributed by atoms with Crippen LogP contribution in [0.2, 0.25) is 10.0 Å². The first-order valence-corrected chi connectivity index (χ1v) is 12.8. The van der Waals surface area contributed by atoms with Gasteiger partial charge in [0.25, 0.3) is 5.56 Å². The van der Waals surface area contributed by atoms with Gasteiger partial charge in [0.15, 0.2) is 0 Å². The van der Waals surface area contributed by atoms with Crippen LogP contribution < -0.4 is 25.7 Å². The molecule has 0 unspecified atom stereocenters. The number of aliphatic hydroxyl groups is 1. The Hall–Kier alpha value is -3.79. The summed E-state index contributed by atoms with van der Waals surface area (Å²) in [6.45, 7) is 3.48. The van der Waals surface area contributed by atoms with Crippen molar-refractivity contribution in [2.24, 2.45) is 0 Å². The summed E-state index contributed by atoms with van der Waals surface area (Å²) in [6, 6.07) is 10.5. The highest BCUT2D eigenvalue weighted by Crippen LogP contribution is 2.45. The molecule has 0 fully saturated rings. The lowest BCUT2D eigenvalue weighted by Crippen LogP contribution is -2.23. The average molecular weight is 571 g/mol. The molecule has 9 nitrogen and oxygen atoms in total. The van der Waals surface area contributed by atoms with Crippen LogP contribution in [0.4, 0.5) is 17.2 Å². The second-order valence-electron chi connectivity index (χ2n) is 8.81. The lowest BCUT2D eigenvalue weighted by molar-refractivity contribution is -0.114. The van der Waals surface area contributed by atoms with E-state index < -0.39 is 0 Å². The molecule has 3 N–H and O–H groups in total. The number of hydrogen-bond acceptors (Lipinski definition) is 7. The van der Waals surface area contributed by atoms with Crippen LogP contribution in [0.1, 0.15) is 18.9 Å². The molecule has 1 amide bonds. The van der Waals surface area contributed by atoms with E-state index in [0.717, 1.165) is 5.56 Å². The largest absolute Gasteiger partial charge is 0.495 e. The molecule has 0 saturated heterocycles. The van der Waals surface area contributed by atoms with Gasteiger partial charge in [-0.3, -0.25) is 9.59 Å². The topological polar surface area (TPSA) is 115 Å². The fourth-order valence-electron chi connectivity index (χ4n) is 4.35. The number of ether oxygens (including phenoxy) is 2. The summed E-state index contributed by atoms with van der Waals surface area (Å²) >= 11 is 13.3. The molecule has 11 heteroatoms. The van der Waals surface area contributed by atoms with Gasteiger partial charge in [-0.15, -0.1) is 0 Å². The first-order chi connectivity index (χ1) is 18.7. The predicted molar refractivity (Wildman–Crippen MR) is 155 cm³/mol. The Balaban J connectivity index is 1.92. The van der Waals surface area contributed by atoms with Gasteiger partial charge >= 0.3 is 0 Å². The van der Waals surface area contributed by atoms with Gasteiger partial charge in [-0.05, 0) is 31.0 Å². The summed E-state index contributed by atoms with van der Waals surface area (Å²) in [5.41, 5.74) is 2.93. The smallest absolute Gasteiger partial charge is 0.259 e. The van der Waals surface area contributed by atoms with E-state index in [0.29, 0.717) is 46.0 Å². The fourth-order valence-corrected chi connectivity index (χ4v) is 5.05. The minimum atomic E-state index is -0.359. The van der Waals surface area contributed by atoms with E-state index in [1.165, 1.54) is 21.1 Å². The molecule has 0 aliphatic rings. The summed E-state index contributed by atoms with van der Waals surface area (Å²) in [7, 11) is 2.92. The number of methoxy groups -OCH3 is 2. The van der Waals surface area contributed by atoms with Crippen molar-refractivity contribution in [1.82, 2.24) is 9.55 Å². The number of carbonyl (C=O) groups is 1. The molecule has 204 valence electrons. The molecule has 0 spiro atoms. The van der Waals surface area contributed by atoms with Crippen LogP contribution in [-0.4, -0.2) is 41.4 Å². The SMILES string of the molecule is COc1cc(OC)c(Cl)c(-c2cc3cnc(Nc4c(C)cccc4NC(C)=O)cc3n(CCCO)c2=O)c1Cl. The number of hydrogen-bond donors (Lipinski definition) is 3. The van der Waals surface area contributed by atoms with Gasteiger partial charge in [-0.2, -0.15) is 0 Å². The monoisotopic (exact) mass is 570 g/mol. The highest BCUT2D eigenvalue weighted by molar-refractivity contribution is 6.41. The van der Waals surface area contributed by atoms with Gasteiger partial charge in [-0.1, -0.05) is 35.3 Å². The third kappa shape index (κ3) is 5.66. The molecule has 2 aromatic carbocycles. The number of nitrogens with zero attached hydrogens (tertiary/aromatic N) is 2. The maximum atomic E-state index is 13.9. The molecule has 39 heavy (non-hydrogen) atoms. The number of aryl methyl sites for hydroxylation is 2. The Morgan fingerprint density at radius 3 is 2.41 bits per heavy atom. The number of pyridine rings is 2. The Morgan fingerprint density at radius 2 is 1.79 bits per heavy atom. The summed E-state index contributed by atoms with van der Waals surface area (Å²) in [5, 5.41) is 16.6. The van der Waals surface area contributed by atoms with Gasteiger partial charge in [0.05, 0.1) is 46.7 Å². The molecule has 0 aliphatic carbocycles. The second-order valence-corrected chi connectivity index (χ2v) is 9.56. The van der Waals surface area contributed by atoms with E-state index in [9.17, 15) is 14.7 Å². The lowest BCUT2D eigenvalue weighted by atomic mass is 10.0. The van der Waals surface area contributed by atoms with Gasteiger partial charge in [0.2, 0.25) is 5.91 Å². The molecule has 0 aliphatic heterocycles. The molecule has 0 bridgehead atoms. The third-order valence-corrected chi connectivity index (χ3v) is 6.95. The Morgan fingerprint density at radius 1 is 1.10 bits per heavy atom. The molecule has 0 radical (unpaired) electrons. The number of aromatic nitrogens is 2. The molecule has 4 rings (SSSR count). The van der Waals surface area contributed by atoms with Crippen molar-refractivity contribution in [3.05, 3.63) is 68.6 Å². The maximum absolute atomic E-state index is 13.9. The standard InChI is InChI=1S/C28H28Cl2N4O5/c1-15-7-5-8-19(32-16(2)36)27(15)33-23-12-20-17(14-31-23)11-18(28(37)34(20)9-6-10-35)24-25(29)21(38-3)13-22(39-4)26(24)30/h5,7-8,11-14,35H,6,9-10H2,1-4H3,(H,31,33)(H,32,36). The van der Waals surface area contributed by atoms with Crippen LogP contribution in [-0.2, 0) is 11.3 Å². The van der Waals surface area contributed by atoms with Crippen molar-refractivity contribution < 1.29 is 19.4 Å². The molecular weight excluding hydrogens is 543 g/mol. The number of para-hydroxylation sites is 1. The number of aliphatic hydroxyl groups excluding tert-OH is 1. The van der Waals surface area contributed by atoms with E-state index in [1.807, 2.05) is 19.1 Å². The summed E-state index contributed by atoms with van der Waals surface area (Å²) in [4.78, 5) is 30.2. The van der Waals surface area contributed by atoms with Crippen molar-refractivity contribution in [1.29, 1.82) is 0 Å². The molecule has 0 atom stereocenters. The van der Waals surface area contributed by atoms with Crippen LogP contribution in [0.25, 0.3) is 22.0 Å². The highest BCUT2D eigenvalue weighted by Gasteiger charge is 2.23. The number of anilines is 3. The second kappa shape index (κ2) is 11.9. The van der Waals surface area contributed by atoms with Gasteiger partial charge in [0, 0.05) is 49.4 Å². The van der Waals surface area contributed by atoms with E-state index in [4.69, 9.17) is 32.7 Å². The van der Waals surface area contributed by atoms with E-state index in [2.05, 4.69) is 15.6 Å². The van der Waals surface area contributed by atoms with Crippen molar-refractivity contribution in [2.45, 2.75) is 26.8 Å². The zero-order valence-electron chi connectivity index (χ0n) is 21.9. The Labute approximate surface area is 235 Å². The number of benzene rings is 2. The first kappa shape index (κ1) is 28.2. The van der Waals surface area contributed by atoms with E-state index >= 15 is 0 Å². The predicted octanol–water partition coefficient (Wildman–Crippen LogP) is 5.78. The minimum Gasteiger partial charge on any atom is -0.495 e. The number of amides is 1. The van der Waals surface area contributed by atoms with Crippen molar-refractivity contribution in [2.75, 3.05) is 31.5 Å². The van der Waals surface area contributed by atoms with Crippen molar-refractivity contribution >= 4 is 57.2 Å². The quantitative estimate of drug-likeness (QED) is 0.233. The summed E-state index contributed by atoms with van der Waals surface area (Å²) in [6.07, 6.45) is 1.97. The van der Waals surface area contributed by atoms with Crippen LogP contribution in [0.15, 0.2) is 47.4 Å². The zero-order chi connectivity index (χ0) is 28.3. The number of halogens is 2. The fraction of sp³-hybridized carbons (Fsp3) is 0.250. The zero-order valence-corrected chi connectivity index (χ0v) is 23.4. The van der Waals surface area contributed by atoms with E-state index in [-0.39, 0.29) is 45.8 Å². The van der Waals surface area contributed by atoms with E-state index in [1.54, 1.807) is 35.0 Å². The Bertz CT molecular complexity index is 1590. The van der Waals surface area contributed by atoms with Gasteiger partial charge < -0.3 is 29.8 Å². The molecule has 0 saturated carbocycles. The van der Waals surface area contributed by atoms with Crippen LogP contribution in [0.3, 0.4) is 0 Å². The normalized spacial score (nSPS) is 10.9.